The number of benzene rings is 3. The number of H-pyrrole nitrogens is 1. The van der Waals surface area contributed by atoms with Crippen LogP contribution in [0.2, 0.25) is 0 Å². The third-order valence-corrected chi connectivity index (χ3v) is 4.90. The van der Waals surface area contributed by atoms with Gasteiger partial charge < -0.3 is 9.40 Å². The molecule has 0 unspecified atom stereocenters. The first kappa shape index (κ1) is 19.2. The number of para-hydroxylation sites is 3. The lowest BCUT2D eigenvalue weighted by Gasteiger charge is -2.03. The van der Waals surface area contributed by atoms with E-state index < -0.39 is 10.8 Å². The number of aromatic amines is 1. The molecule has 2 heterocycles. The molecule has 0 spiro atoms. The van der Waals surface area contributed by atoms with Crippen molar-refractivity contribution in [3.05, 3.63) is 100 Å². The number of nitrogens with zero attached hydrogens (tertiary/aromatic N) is 3. The summed E-state index contributed by atoms with van der Waals surface area (Å²) in [6.07, 6.45) is 0. The minimum absolute atomic E-state index is 0.102. The molecule has 0 radical (unpaired) electrons. The second-order valence-corrected chi connectivity index (χ2v) is 6.96. The van der Waals surface area contributed by atoms with E-state index in [2.05, 4.69) is 20.5 Å². The Hall–Kier alpha value is -4.79. The Morgan fingerprint density at radius 1 is 1.03 bits per heavy atom. The van der Waals surface area contributed by atoms with E-state index in [4.69, 9.17) is 4.42 Å². The average molecular weight is 425 g/mol. The highest BCUT2D eigenvalue weighted by Gasteiger charge is 2.13. The lowest BCUT2D eigenvalue weighted by molar-refractivity contribution is -0.384. The van der Waals surface area contributed by atoms with E-state index >= 15 is 0 Å². The summed E-state index contributed by atoms with van der Waals surface area (Å²) >= 11 is 0. The third-order valence-electron chi connectivity index (χ3n) is 4.90. The van der Waals surface area contributed by atoms with Crippen LogP contribution in [0.25, 0.3) is 33.4 Å². The number of hydrogen-bond donors (Lipinski definition) is 2. The summed E-state index contributed by atoms with van der Waals surface area (Å²) in [4.78, 5) is 30.6. The number of nitro benzene ring substituents is 1. The largest absolute Gasteiger partial charge is 0.436 e. The van der Waals surface area contributed by atoms with Gasteiger partial charge in [-0.3, -0.25) is 14.9 Å². The fourth-order valence-corrected chi connectivity index (χ4v) is 3.30. The van der Waals surface area contributed by atoms with Crippen LogP contribution in [0.3, 0.4) is 0 Å². The van der Waals surface area contributed by atoms with Crippen molar-refractivity contribution in [2.45, 2.75) is 0 Å². The van der Waals surface area contributed by atoms with Gasteiger partial charge in [-0.2, -0.15) is 0 Å². The molecule has 0 fully saturated rings. The van der Waals surface area contributed by atoms with Gasteiger partial charge in [-0.05, 0) is 36.4 Å². The number of amides is 1. The first-order valence-electron chi connectivity index (χ1n) is 9.65. The van der Waals surface area contributed by atoms with E-state index in [1.165, 1.54) is 24.3 Å². The Labute approximate surface area is 180 Å². The van der Waals surface area contributed by atoms with E-state index in [9.17, 15) is 14.9 Å². The molecule has 156 valence electrons. The number of carbonyl (C=O) groups excluding carboxylic acids is 1. The number of nitro groups is 1. The predicted molar refractivity (Wildman–Crippen MR) is 117 cm³/mol. The van der Waals surface area contributed by atoms with E-state index in [1.807, 2.05) is 48.5 Å². The van der Waals surface area contributed by atoms with Crippen molar-refractivity contribution in [1.82, 2.24) is 15.4 Å². The topological polar surface area (TPSA) is 126 Å². The van der Waals surface area contributed by atoms with Crippen LogP contribution >= 0.6 is 0 Å². The first-order chi connectivity index (χ1) is 15.6. The molecule has 0 aliphatic rings. The van der Waals surface area contributed by atoms with Crippen molar-refractivity contribution in [2.75, 3.05) is 0 Å². The molecular weight excluding hydrogens is 410 g/mol. The normalized spacial score (nSPS) is 11.7. The maximum absolute atomic E-state index is 12.5. The molecule has 0 saturated heterocycles. The standard InChI is InChI=1S/C23H15N5O4/c29-22(14-9-11-16(12-10-14)28(30)31)26-27-23-17(13-15-5-1-4-8-20(15)32-23)21-24-18-6-2-3-7-19(18)25-21/h1-13H,(H,24,25)(H,26,29)/b27-23+. The molecule has 1 amide bonds. The fourth-order valence-electron chi connectivity index (χ4n) is 3.30. The second kappa shape index (κ2) is 7.80. The zero-order valence-corrected chi connectivity index (χ0v) is 16.5. The van der Waals surface area contributed by atoms with Crippen molar-refractivity contribution in [1.29, 1.82) is 0 Å². The Balaban J connectivity index is 1.57. The van der Waals surface area contributed by atoms with Crippen LogP contribution in [0.15, 0.2) is 88.4 Å². The molecule has 3 aromatic carbocycles. The molecule has 0 aliphatic carbocycles. The van der Waals surface area contributed by atoms with Crippen molar-refractivity contribution in [2.24, 2.45) is 5.10 Å². The molecule has 0 saturated carbocycles. The monoisotopic (exact) mass is 425 g/mol. The SMILES string of the molecule is O=C(N/N=c1/oc2ccccc2cc1-c1nc2ccccc2[nH]1)c1ccc([N+](=O)[O-])cc1. The number of fused-ring (bicyclic) bond motifs is 2. The molecule has 0 aliphatic heterocycles. The molecule has 5 aromatic rings. The van der Waals surface area contributed by atoms with Crippen LogP contribution in [0, 0.1) is 10.1 Å². The van der Waals surface area contributed by atoms with Gasteiger partial charge in [0.1, 0.15) is 11.4 Å². The molecule has 2 N–H and O–H groups in total. The second-order valence-electron chi connectivity index (χ2n) is 6.96. The minimum Gasteiger partial charge on any atom is -0.436 e. The highest BCUT2D eigenvalue weighted by Crippen LogP contribution is 2.21. The molecule has 2 aromatic heterocycles. The van der Waals surface area contributed by atoms with Crippen LogP contribution in [-0.2, 0) is 0 Å². The zero-order chi connectivity index (χ0) is 22.1. The minimum atomic E-state index is -0.529. The van der Waals surface area contributed by atoms with Crippen molar-refractivity contribution >= 4 is 33.6 Å². The maximum atomic E-state index is 12.5. The van der Waals surface area contributed by atoms with Crippen LogP contribution in [0.5, 0.6) is 0 Å². The fraction of sp³-hybridized carbons (Fsp3) is 0. The summed E-state index contributed by atoms with van der Waals surface area (Å²) in [7, 11) is 0. The number of aromatic nitrogens is 2. The van der Waals surface area contributed by atoms with Gasteiger partial charge in [0.25, 0.3) is 11.6 Å². The number of carbonyl (C=O) groups is 1. The zero-order valence-electron chi connectivity index (χ0n) is 16.5. The van der Waals surface area contributed by atoms with E-state index in [-0.39, 0.29) is 16.8 Å². The Kier molecular flexibility index (Phi) is 4.68. The van der Waals surface area contributed by atoms with Crippen LogP contribution in [-0.4, -0.2) is 20.8 Å². The summed E-state index contributed by atoms with van der Waals surface area (Å²) in [5, 5.41) is 15.8. The summed E-state index contributed by atoms with van der Waals surface area (Å²) in [5.74, 6) is 0.0165. The van der Waals surface area contributed by atoms with Gasteiger partial charge in [-0.15, -0.1) is 5.10 Å². The summed E-state index contributed by atoms with van der Waals surface area (Å²) < 4.78 is 5.95. The van der Waals surface area contributed by atoms with Crippen molar-refractivity contribution < 1.29 is 14.1 Å². The molecule has 32 heavy (non-hydrogen) atoms. The van der Waals surface area contributed by atoms with Crippen LogP contribution in [0.1, 0.15) is 10.4 Å². The van der Waals surface area contributed by atoms with Crippen molar-refractivity contribution in [3.8, 4) is 11.4 Å². The lowest BCUT2D eigenvalue weighted by Crippen LogP contribution is -2.22. The Morgan fingerprint density at radius 2 is 1.78 bits per heavy atom. The van der Waals surface area contributed by atoms with Gasteiger partial charge in [-0.25, -0.2) is 10.4 Å². The molecule has 9 nitrogen and oxygen atoms in total. The maximum Gasteiger partial charge on any atom is 0.271 e. The highest BCUT2D eigenvalue weighted by molar-refractivity contribution is 5.94. The van der Waals surface area contributed by atoms with Gasteiger partial charge in [0.05, 0.1) is 21.5 Å². The molecule has 9 heteroatoms. The van der Waals surface area contributed by atoms with Gasteiger partial charge >= 0.3 is 0 Å². The summed E-state index contributed by atoms with van der Waals surface area (Å²) in [6, 6.07) is 22.2. The van der Waals surface area contributed by atoms with Gasteiger partial charge in [0.15, 0.2) is 0 Å². The summed E-state index contributed by atoms with van der Waals surface area (Å²) in [6.45, 7) is 0. The lowest BCUT2D eigenvalue weighted by atomic mass is 10.2. The Morgan fingerprint density at radius 3 is 2.56 bits per heavy atom. The molecule has 5 rings (SSSR count). The molecule has 0 atom stereocenters. The quantitative estimate of drug-likeness (QED) is 0.331. The Bertz CT molecular complexity index is 1520. The average Bonchev–Trinajstić information content (AvgIpc) is 3.26. The first-order valence-corrected chi connectivity index (χ1v) is 9.65. The number of imidazole rings is 1. The molecule has 0 bridgehead atoms. The number of rotatable bonds is 4. The number of nitrogens with one attached hydrogen (secondary N) is 2. The third kappa shape index (κ3) is 3.58. The summed E-state index contributed by atoms with van der Waals surface area (Å²) in [5.41, 5.74) is 5.56. The molecular formula is C23H15N5O4. The highest BCUT2D eigenvalue weighted by atomic mass is 16.6. The van der Waals surface area contributed by atoms with E-state index in [0.717, 1.165) is 16.4 Å². The van der Waals surface area contributed by atoms with Crippen LogP contribution < -0.4 is 11.0 Å². The predicted octanol–water partition coefficient (Wildman–Crippen LogP) is 4.13. The van der Waals surface area contributed by atoms with Crippen LogP contribution in [0.4, 0.5) is 5.69 Å². The smallest absolute Gasteiger partial charge is 0.271 e. The number of hydrogen-bond acceptors (Lipinski definition) is 6. The van der Waals surface area contributed by atoms with Crippen molar-refractivity contribution in [3.63, 3.8) is 0 Å². The van der Waals surface area contributed by atoms with Gasteiger partial charge in [-0.1, -0.05) is 30.3 Å². The van der Waals surface area contributed by atoms with Gasteiger partial charge in [0.2, 0.25) is 5.55 Å². The van der Waals surface area contributed by atoms with E-state index in [0.29, 0.717) is 17.0 Å². The van der Waals surface area contributed by atoms with Gasteiger partial charge in [0, 0.05) is 23.1 Å². The number of non-ortho nitro benzene ring substituents is 1. The van der Waals surface area contributed by atoms with E-state index in [1.54, 1.807) is 6.07 Å².